The number of aromatic nitrogens is 1. The Morgan fingerprint density at radius 3 is 3.00 bits per heavy atom. The second kappa shape index (κ2) is 3.97. The number of allylic oxidation sites excluding steroid dienone is 1. The van der Waals surface area contributed by atoms with Gasteiger partial charge in [-0.1, -0.05) is 24.3 Å². The van der Waals surface area contributed by atoms with Crippen molar-refractivity contribution in [3.05, 3.63) is 54.2 Å². The zero-order valence-electron chi connectivity index (χ0n) is 9.63. The number of aliphatic hydroxyl groups is 1. The van der Waals surface area contributed by atoms with Gasteiger partial charge in [-0.3, -0.25) is 4.98 Å². The van der Waals surface area contributed by atoms with Gasteiger partial charge in [-0.15, -0.1) is 0 Å². The second-order valence-electron chi connectivity index (χ2n) is 4.63. The molecule has 86 valence electrons. The van der Waals surface area contributed by atoms with E-state index in [0.29, 0.717) is 0 Å². The van der Waals surface area contributed by atoms with E-state index in [4.69, 9.17) is 0 Å². The molecule has 2 nitrogen and oxygen atoms in total. The standard InChI is InChI=1S/C15H15NO/c17-15(8-2-1-3-9-15)13-6-7-14-12(11-13)5-4-10-16-14/h2,4-8,10-11,17H,1,3,9H2. The lowest BCUT2D eigenvalue weighted by Crippen LogP contribution is -2.24. The normalized spacial score (nSPS) is 24.1. The van der Waals surface area contributed by atoms with Gasteiger partial charge in [-0.05, 0) is 43.0 Å². The van der Waals surface area contributed by atoms with Crippen LogP contribution in [0.25, 0.3) is 10.9 Å². The molecule has 0 saturated heterocycles. The van der Waals surface area contributed by atoms with Crippen molar-refractivity contribution < 1.29 is 5.11 Å². The molecule has 1 heterocycles. The fourth-order valence-electron chi connectivity index (χ4n) is 2.44. The first-order valence-electron chi connectivity index (χ1n) is 6.03. The van der Waals surface area contributed by atoms with Crippen molar-refractivity contribution in [2.75, 3.05) is 0 Å². The molecule has 1 aromatic carbocycles. The number of nitrogens with zero attached hydrogens (tertiary/aromatic N) is 1. The van der Waals surface area contributed by atoms with Crippen LogP contribution in [0.2, 0.25) is 0 Å². The third-order valence-electron chi connectivity index (χ3n) is 3.43. The van der Waals surface area contributed by atoms with Gasteiger partial charge in [0, 0.05) is 11.6 Å². The Labute approximate surface area is 101 Å². The molecule has 1 aromatic heterocycles. The number of hydrogen-bond acceptors (Lipinski definition) is 2. The first-order valence-corrected chi connectivity index (χ1v) is 6.03. The van der Waals surface area contributed by atoms with E-state index in [1.165, 1.54) is 0 Å². The Kier molecular flexibility index (Phi) is 2.45. The minimum absolute atomic E-state index is 0.789. The van der Waals surface area contributed by atoms with Crippen LogP contribution in [0.15, 0.2) is 48.7 Å². The average molecular weight is 225 g/mol. The monoisotopic (exact) mass is 225 g/mol. The summed E-state index contributed by atoms with van der Waals surface area (Å²) in [7, 11) is 0. The summed E-state index contributed by atoms with van der Waals surface area (Å²) in [6.45, 7) is 0. The summed E-state index contributed by atoms with van der Waals surface area (Å²) in [4.78, 5) is 4.29. The Hall–Kier alpha value is -1.67. The van der Waals surface area contributed by atoms with Crippen LogP contribution in [-0.2, 0) is 5.60 Å². The van der Waals surface area contributed by atoms with E-state index < -0.39 is 5.60 Å². The minimum atomic E-state index is -0.789. The summed E-state index contributed by atoms with van der Waals surface area (Å²) in [6, 6.07) is 9.95. The molecule has 3 rings (SSSR count). The molecule has 1 atom stereocenters. The summed E-state index contributed by atoms with van der Waals surface area (Å²) in [5.41, 5.74) is 1.15. The van der Waals surface area contributed by atoms with Gasteiger partial charge in [0.2, 0.25) is 0 Å². The van der Waals surface area contributed by atoms with Crippen molar-refractivity contribution in [3.8, 4) is 0 Å². The van der Waals surface area contributed by atoms with Gasteiger partial charge in [0.25, 0.3) is 0 Å². The van der Waals surface area contributed by atoms with Crippen molar-refractivity contribution in [3.63, 3.8) is 0 Å². The van der Waals surface area contributed by atoms with Crippen molar-refractivity contribution in [1.82, 2.24) is 4.98 Å². The molecule has 2 heteroatoms. The lowest BCUT2D eigenvalue weighted by molar-refractivity contribution is 0.0727. The van der Waals surface area contributed by atoms with Gasteiger partial charge in [0.15, 0.2) is 0 Å². The second-order valence-corrected chi connectivity index (χ2v) is 4.63. The van der Waals surface area contributed by atoms with E-state index in [2.05, 4.69) is 11.1 Å². The third kappa shape index (κ3) is 1.85. The first-order chi connectivity index (χ1) is 8.28. The van der Waals surface area contributed by atoms with Crippen molar-refractivity contribution >= 4 is 10.9 Å². The van der Waals surface area contributed by atoms with Crippen LogP contribution in [0.3, 0.4) is 0 Å². The van der Waals surface area contributed by atoms with Crippen molar-refractivity contribution in [1.29, 1.82) is 0 Å². The summed E-state index contributed by atoms with van der Waals surface area (Å²) in [5.74, 6) is 0. The molecule has 0 amide bonds. The van der Waals surface area contributed by atoms with Gasteiger partial charge >= 0.3 is 0 Å². The first kappa shape index (κ1) is 10.5. The number of benzene rings is 1. The Morgan fingerprint density at radius 2 is 2.18 bits per heavy atom. The fraction of sp³-hybridized carbons (Fsp3) is 0.267. The highest BCUT2D eigenvalue weighted by atomic mass is 16.3. The zero-order chi connectivity index (χ0) is 11.7. The van der Waals surface area contributed by atoms with Crippen LogP contribution < -0.4 is 0 Å². The van der Waals surface area contributed by atoms with E-state index in [1.54, 1.807) is 6.20 Å². The highest BCUT2D eigenvalue weighted by Gasteiger charge is 2.27. The topological polar surface area (TPSA) is 33.1 Å². The molecule has 0 aliphatic heterocycles. The predicted octanol–water partition coefficient (Wildman–Crippen LogP) is 3.16. The largest absolute Gasteiger partial charge is 0.381 e. The maximum Gasteiger partial charge on any atom is 0.108 e. The summed E-state index contributed by atoms with van der Waals surface area (Å²) in [6.07, 6.45) is 8.69. The maximum atomic E-state index is 10.6. The van der Waals surface area contributed by atoms with Crippen LogP contribution in [0, 0.1) is 0 Å². The number of fused-ring (bicyclic) bond motifs is 1. The maximum absolute atomic E-state index is 10.6. The Bertz CT molecular complexity index is 576. The van der Waals surface area contributed by atoms with Gasteiger partial charge in [-0.2, -0.15) is 0 Å². The molecule has 0 radical (unpaired) electrons. The lowest BCUT2D eigenvalue weighted by Gasteiger charge is -2.28. The van der Waals surface area contributed by atoms with E-state index in [9.17, 15) is 5.11 Å². The van der Waals surface area contributed by atoms with Crippen LogP contribution in [0.5, 0.6) is 0 Å². The molecule has 1 N–H and O–H groups in total. The molecule has 0 spiro atoms. The molecule has 1 aliphatic rings. The Morgan fingerprint density at radius 1 is 1.24 bits per heavy atom. The lowest BCUT2D eigenvalue weighted by atomic mass is 9.84. The average Bonchev–Trinajstić information content (AvgIpc) is 2.39. The molecule has 17 heavy (non-hydrogen) atoms. The van der Waals surface area contributed by atoms with Crippen LogP contribution in [0.4, 0.5) is 0 Å². The third-order valence-corrected chi connectivity index (χ3v) is 3.43. The van der Waals surface area contributed by atoms with E-state index in [-0.39, 0.29) is 0 Å². The highest BCUT2D eigenvalue weighted by Crippen LogP contribution is 2.33. The van der Waals surface area contributed by atoms with Gasteiger partial charge in [0.1, 0.15) is 5.60 Å². The molecular formula is C15H15NO. The molecule has 2 aromatic rings. The van der Waals surface area contributed by atoms with E-state index >= 15 is 0 Å². The van der Waals surface area contributed by atoms with Crippen LogP contribution >= 0.6 is 0 Å². The quantitative estimate of drug-likeness (QED) is 0.756. The molecule has 1 aliphatic carbocycles. The summed E-state index contributed by atoms with van der Waals surface area (Å²) >= 11 is 0. The Balaban J connectivity index is 2.11. The molecule has 0 saturated carbocycles. The summed E-state index contributed by atoms with van der Waals surface area (Å²) in [5, 5.41) is 11.7. The van der Waals surface area contributed by atoms with Gasteiger partial charge in [-0.25, -0.2) is 0 Å². The van der Waals surface area contributed by atoms with Gasteiger partial charge < -0.3 is 5.11 Å². The highest BCUT2D eigenvalue weighted by molar-refractivity contribution is 5.79. The van der Waals surface area contributed by atoms with Crippen molar-refractivity contribution in [2.45, 2.75) is 24.9 Å². The molecule has 0 bridgehead atoms. The predicted molar refractivity (Wildman–Crippen MR) is 68.6 cm³/mol. The number of rotatable bonds is 1. The van der Waals surface area contributed by atoms with E-state index in [1.807, 2.05) is 36.4 Å². The summed E-state index contributed by atoms with van der Waals surface area (Å²) < 4.78 is 0. The molecular weight excluding hydrogens is 210 g/mol. The van der Waals surface area contributed by atoms with Crippen LogP contribution in [0.1, 0.15) is 24.8 Å². The molecule has 0 fully saturated rings. The minimum Gasteiger partial charge on any atom is -0.381 e. The fourth-order valence-corrected chi connectivity index (χ4v) is 2.44. The van der Waals surface area contributed by atoms with Crippen LogP contribution in [-0.4, -0.2) is 10.1 Å². The zero-order valence-corrected chi connectivity index (χ0v) is 9.63. The van der Waals surface area contributed by atoms with Gasteiger partial charge in [0.05, 0.1) is 5.52 Å². The van der Waals surface area contributed by atoms with Crippen molar-refractivity contribution in [2.24, 2.45) is 0 Å². The smallest absolute Gasteiger partial charge is 0.108 e. The number of hydrogen-bond donors (Lipinski definition) is 1. The number of pyridine rings is 1. The molecule has 1 unspecified atom stereocenters. The van der Waals surface area contributed by atoms with E-state index in [0.717, 1.165) is 35.7 Å². The SMILES string of the molecule is OC1(c2ccc3ncccc3c2)C=CCCC1.